The van der Waals surface area contributed by atoms with Gasteiger partial charge >= 0.3 is 5.97 Å². The van der Waals surface area contributed by atoms with Crippen molar-refractivity contribution < 1.29 is 14.7 Å². The smallest absolute Gasteiger partial charge is 0.330 e. The van der Waals surface area contributed by atoms with Gasteiger partial charge in [0.1, 0.15) is 5.54 Å². The molecule has 2 aliphatic carbocycles. The second-order valence-electron chi connectivity index (χ2n) is 4.53. The molecule has 0 aromatic rings. The van der Waals surface area contributed by atoms with Crippen molar-refractivity contribution in [1.29, 1.82) is 0 Å². The van der Waals surface area contributed by atoms with E-state index in [-0.39, 0.29) is 11.3 Å². The molecule has 14 heavy (non-hydrogen) atoms. The van der Waals surface area contributed by atoms with Gasteiger partial charge in [0.2, 0.25) is 5.91 Å². The first-order valence-corrected chi connectivity index (χ1v) is 5.05. The lowest BCUT2D eigenvalue weighted by Crippen LogP contribution is -2.57. The van der Waals surface area contributed by atoms with Crippen LogP contribution >= 0.6 is 0 Å². The average Bonchev–Trinajstić information content (AvgIpc) is 2.73. The summed E-state index contributed by atoms with van der Waals surface area (Å²) in [6, 6.07) is 0. The monoisotopic (exact) mass is 197 g/mol. The molecule has 0 aromatic heterocycles. The summed E-state index contributed by atoms with van der Waals surface area (Å²) in [7, 11) is 0. The third-order valence-corrected chi connectivity index (χ3v) is 3.72. The highest BCUT2D eigenvalue weighted by Crippen LogP contribution is 2.63. The molecule has 0 heterocycles. The summed E-state index contributed by atoms with van der Waals surface area (Å²) in [5.41, 5.74) is -1.08. The van der Waals surface area contributed by atoms with E-state index >= 15 is 0 Å². The summed E-state index contributed by atoms with van der Waals surface area (Å²) < 4.78 is 0. The molecule has 0 saturated heterocycles. The minimum absolute atomic E-state index is 0.121. The van der Waals surface area contributed by atoms with Crippen LogP contribution in [0.1, 0.15) is 39.0 Å². The molecule has 1 spiro atoms. The molecule has 2 fully saturated rings. The van der Waals surface area contributed by atoms with Crippen molar-refractivity contribution in [3.8, 4) is 0 Å². The first kappa shape index (κ1) is 9.49. The molecule has 4 nitrogen and oxygen atoms in total. The molecule has 1 unspecified atom stereocenters. The first-order chi connectivity index (χ1) is 6.52. The number of carbonyl (C=O) groups is 2. The van der Waals surface area contributed by atoms with Crippen molar-refractivity contribution in [1.82, 2.24) is 5.32 Å². The Hall–Kier alpha value is -1.06. The highest BCUT2D eigenvalue weighted by atomic mass is 16.4. The van der Waals surface area contributed by atoms with Crippen LogP contribution in [-0.4, -0.2) is 22.5 Å². The summed E-state index contributed by atoms with van der Waals surface area (Å²) in [4.78, 5) is 22.4. The second kappa shape index (κ2) is 2.72. The number of hydrogen-bond donors (Lipinski definition) is 2. The quantitative estimate of drug-likeness (QED) is 0.691. The van der Waals surface area contributed by atoms with Gasteiger partial charge in [0.25, 0.3) is 0 Å². The van der Waals surface area contributed by atoms with Crippen LogP contribution in [0, 0.1) is 5.41 Å². The van der Waals surface area contributed by atoms with E-state index in [1.54, 1.807) is 0 Å². The number of nitrogens with one attached hydrogen (secondary N) is 1. The van der Waals surface area contributed by atoms with Gasteiger partial charge in [-0.05, 0) is 32.1 Å². The number of rotatable bonds is 2. The summed E-state index contributed by atoms with van der Waals surface area (Å²) in [6.07, 6.45) is 4.33. The summed E-state index contributed by atoms with van der Waals surface area (Å²) in [5, 5.41) is 11.9. The predicted molar refractivity (Wildman–Crippen MR) is 49.7 cm³/mol. The van der Waals surface area contributed by atoms with E-state index in [9.17, 15) is 14.7 Å². The van der Waals surface area contributed by atoms with Crippen LogP contribution in [0.3, 0.4) is 0 Å². The van der Waals surface area contributed by atoms with Gasteiger partial charge in [-0.1, -0.05) is 0 Å². The van der Waals surface area contributed by atoms with Crippen LogP contribution in [0.25, 0.3) is 0 Å². The molecule has 4 heteroatoms. The Balaban J connectivity index is 2.30. The van der Waals surface area contributed by atoms with Crippen LogP contribution in [0.2, 0.25) is 0 Å². The highest BCUT2D eigenvalue weighted by Gasteiger charge is 2.66. The standard InChI is InChI=1S/C10H15NO3/c1-7(12)11-10(8(13)14)4-2-3-9(10)5-6-9/h2-6H2,1H3,(H,11,12)(H,13,14). The summed E-state index contributed by atoms with van der Waals surface area (Å²) in [6.45, 7) is 1.39. The Morgan fingerprint density at radius 2 is 1.86 bits per heavy atom. The SMILES string of the molecule is CC(=O)NC1(C(=O)O)CCCC12CC2. The summed E-state index contributed by atoms with van der Waals surface area (Å²) >= 11 is 0. The molecule has 1 atom stereocenters. The Morgan fingerprint density at radius 3 is 2.29 bits per heavy atom. The van der Waals surface area contributed by atoms with E-state index in [4.69, 9.17) is 0 Å². The lowest BCUT2D eigenvalue weighted by Gasteiger charge is -2.32. The number of carboxylic acid groups (broad SMARTS) is 1. The van der Waals surface area contributed by atoms with E-state index < -0.39 is 11.5 Å². The fourth-order valence-corrected chi connectivity index (χ4v) is 2.88. The third-order valence-electron chi connectivity index (χ3n) is 3.72. The van der Waals surface area contributed by atoms with Gasteiger partial charge in [0.05, 0.1) is 0 Å². The van der Waals surface area contributed by atoms with Gasteiger partial charge in [0, 0.05) is 12.3 Å². The van der Waals surface area contributed by atoms with Gasteiger partial charge < -0.3 is 10.4 Å². The van der Waals surface area contributed by atoms with Gasteiger partial charge in [0.15, 0.2) is 0 Å². The molecular formula is C10H15NO3. The normalized spacial score (nSPS) is 32.9. The zero-order valence-electron chi connectivity index (χ0n) is 8.30. The van der Waals surface area contributed by atoms with E-state index in [1.165, 1.54) is 6.92 Å². The molecule has 2 saturated carbocycles. The van der Waals surface area contributed by atoms with Crippen LogP contribution in [0.15, 0.2) is 0 Å². The van der Waals surface area contributed by atoms with E-state index in [0.717, 1.165) is 25.7 Å². The number of hydrogen-bond acceptors (Lipinski definition) is 2. The van der Waals surface area contributed by atoms with Crippen molar-refractivity contribution in [2.24, 2.45) is 5.41 Å². The van der Waals surface area contributed by atoms with Crippen molar-refractivity contribution in [3.05, 3.63) is 0 Å². The minimum Gasteiger partial charge on any atom is -0.479 e. The maximum atomic E-state index is 11.3. The van der Waals surface area contributed by atoms with Crippen LogP contribution < -0.4 is 5.32 Å². The van der Waals surface area contributed by atoms with Crippen LogP contribution in [-0.2, 0) is 9.59 Å². The fraction of sp³-hybridized carbons (Fsp3) is 0.800. The van der Waals surface area contributed by atoms with Crippen molar-refractivity contribution in [3.63, 3.8) is 0 Å². The maximum Gasteiger partial charge on any atom is 0.330 e. The lowest BCUT2D eigenvalue weighted by molar-refractivity contribution is -0.150. The zero-order valence-corrected chi connectivity index (χ0v) is 8.30. The highest BCUT2D eigenvalue weighted by molar-refractivity contribution is 5.88. The Bertz CT molecular complexity index is 296. The van der Waals surface area contributed by atoms with E-state index in [1.807, 2.05) is 0 Å². The minimum atomic E-state index is -0.959. The molecule has 0 radical (unpaired) electrons. The lowest BCUT2D eigenvalue weighted by atomic mass is 9.84. The zero-order chi connectivity index (χ0) is 10.4. The Kier molecular flexibility index (Phi) is 1.84. The van der Waals surface area contributed by atoms with Crippen molar-refractivity contribution in [2.45, 2.75) is 44.6 Å². The maximum absolute atomic E-state index is 11.3. The third kappa shape index (κ3) is 1.06. The number of amides is 1. The molecule has 2 rings (SSSR count). The van der Waals surface area contributed by atoms with Gasteiger partial charge in [-0.25, -0.2) is 4.79 Å². The average molecular weight is 197 g/mol. The van der Waals surface area contributed by atoms with Gasteiger partial charge in [-0.3, -0.25) is 4.79 Å². The largest absolute Gasteiger partial charge is 0.479 e. The van der Waals surface area contributed by atoms with E-state index in [0.29, 0.717) is 6.42 Å². The van der Waals surface area contributed by atoms with Crippen LogP contribution in [0.4, 0.5) is 0 Å². The molecule has 1 amide bonds. The molecule has 0 aliphatic heterocycles. The number of aliphatic carboxylic acids is 1. The molecule has 2 aliphatic rings. The second-order valence-corrected chi connectivity index (χ2v) is 4.53. The molecular weight excluding hydrogens is 182 g/mol. The molecule has 0 bridgehead atoms. The van der Waals surface area contributed by atoms with Crippen LogP contribution in [0.5, 0.6) is 0 Å². The molecule has 2 N–H and O–H groups in total. The van der Waals surface area contributed by atoms with Gasteiger partial charge in [-0.2, -0.15) is 0 Å². The predicted octanol–water partition coefficient (Wildman–Crippen LogP) is 0.910. The summed E-state index contributed by atoms with van der Waals surface area (Å²) in [5.74, 6) is -1.09. The Morgan fingerprint density at radius 1 is 1.21 bits per heavy atom. The first-order valence-electron chi connectivity index (χ1n) is 5.05. The van der Waals surface area contributed by atoms with Gasteiger partial charge in [-0.15, -0.1) is 0 Å². The molecule has 78 valence electrons. The number of carbonyl (C=O) groups excluding carboxylic acids is 1. The van der Waals surface area contributed by atoms with E-state index in [2.05, 4.69) is 5.32 Å². The number of carboxylic acids is 1. The van der Waals surface area contributed by atoms with Crippen molar-refractivity contribution in [2.75, 3.05) is 0 Å². The Labute approximate surface area is 82.7 Å². The topological polar surface area (TPSA) is 66.4 Å². The fourth-order valence-electron chi connectivity index (χ4n) is 2.88. The van der Waals surface area contributed by atoms with Crippen molar-refractivity contribution >= 4 is 11.9 Å². The molecule has 0 aromatic carbocycles.